The minimum absolute atomic E-state index is 0.0410. The SMILES string of the molecule is CCC(NCC(C)(C)C(=O)NC)c1ccco1. The Morgan fingerprint density at radius 2 is 2.24 bits per heavy atom. The van der Waals surface area contributed by atoms with Crippen molar-refractivity contribution in [1.82, 2.24) is 10.6 Å². The monoisotopic (exact) mass is 238 g/mol. The fourth-order valence-electron chi connectivity index (χ4n) is 1.73. The van der Waals surface area contributed by atoms with Crippen molar-refractivity contribution in [2.45, 2.75) is 33.2 Å². The fourth-order valence-corrected chi connectivity index (χ4v) is 1.73. The van der Waals surface area contributed by atoms with Gasteiger partial charge < -0.3 is 15.1 Å². The van der Waals surface area contributed by atoms with Gasteiger partial charge >= 0.3 is 0 Å². The second kappa shape index (κ2) is 5.87. The molecule has 96 valence electrons. The second-order valence-electron chi connectivity index (χ2n) is 4.82. The molecule has 1 heterocycles. The summed E-state index contributed by atoms with van der Waals surface area (Å²) in [5, 5.41) is 6.05. The van der Waals surface area contributed by atoms with Crippen molar-refractivity contribution in [3.8, 4) is 0 Å². The molecule has 0 saturated carbocycles. The minimum atomic E-state index is -0.422. The average Bonchev–Trinajstić information content (AvgIpc) is 2.82. The van der Waals surface area contributed by atoms with Crippen LogP contribution in [0.4, 0.5) is 0 Å². The first-order valence-corrected chi connectivity index (χ1v) is 6.00. The lowest BCUT2D eigenvalue weighted by molar-refractivity contribution is -0.128. The van der Waals surface area contributed by atoms with Crippen molar-refractivity contribution >= 4 is 5.91 Å². The van der Waals surface area contributed by atoms with Crippen LogP contribution in [-0.2, 0) is 4.79 Å². The Morgan fingerprint density at radius 3 is 2.71 bits per heavy atom. The average molecular weight is 238 g/mol. The van der Waals surface area contributed by atoms with Gasteiger partial charge in [0.1, 0.15) is 5.76 Å². The first-order valence-electron chi connectivity index (χ1n) is 6.00. The number of rotatable bonds is 6. The van der Waals surface area contributed by atoms with Gasteiger partial charge in [-0.15, -0.1) is 0 Å². The highest BCUT2D eigenvalue weighted by molar-refractivity contribution is 5.81. The van der Waals surface area contributed by atoms with Gasteiger partial charge in [0.25, 0.3) is 0 Å². The van der Waals surface area contributed by atoms with Gasteiger partial charge in [0, 0.05) is 13.6 Å². The quantitative estimate of drug-likeness (QED) is 0.798. The van der Waals surface area contributed by atoms with Crippen molar-refractivity contribution in [2.24, 2.45) is 5.41 Å². The van der Waals surface area contributed by atoms with Crippen molar-refractivity contribution in [3.05, 3.63) is 24.2 Å². The molecule has 0 aliphatic rings. The molecule has 0 aliphatic heterocycles. The van der Waals surface area contributed by atoms with Crippen LogP contribution < -0.4 is 10.6 Å². The van der Waals surface area contributed by atoms with Crippen LogP contribution in [0.15, 0.2) is 22.8 Å². The van der Waals surface area contributed by atoms with Gasteiger partial charge in [-0.1, -0.05) is 6.92 Å². The van der Waals surface area contributed by atoms with Crippen LogP contribution in [0, 0.1) is 5.41 Å². The Kier molecular flexibility index (Phi) is 4.75. The molecule has 0 radical (unpaired) electrons. The number of carbonyl (C=O) groups excluding carboxylic acids is 1. The van der Waals surface area contributed by atoms with Crippen molar-refractivity contribution in [3.63, 3.8) is 0 Å². The second-order valence-corrected chi connectivity index (χ2v) is 4.82. The molecule has 4 heteroatoms. The van der Waals surface area contributed by atoms with E-state index in [1.807, 2.05) is 26.0 Å². The van der Waals surface area contributed by atoms with Crippen LogP contribution in [0.3, 0.4) is 0 Å². The van der Waals surface area contributed by atoms with Crippen LogP contribution >= 0.6 is 0 Å². The fraction of sp³-hybridized carbons (Fsp3) is 0.615. The van der Waals surface area contributed by atoms with Crippen LogP contribution in [0.2, 0.25) is 0 Å². The molecule has 1 atom stereocenters. The molecule has 1 aromatic heterocycles. The van der Waals surface area contributed by atoms with E-state index in [4.69, 9.17) is 4.42 Å². The van der Waals surface area contributed by atoms with E-state index in [1.54, 1.807) is 13.3 Å². The van der Waals surface area contributed by atoms with Gasteiger partial charge in [0.15, 0.2) is 0 Å². The first kappa shape index (κ1) is 13.8. The number of hydrogen-bond donors (Lipinski definition) is 2. The summed E-state index contributed by atoms with van der Waals surface area (Å²) in [7, 11) is 1.66. The lowest BCUT2D eigenvalue weighted by Gasteiger charge is -2.25. The maximum absolute atomic E-state index is 11.6. The number of nitrogens with one attached hydrogen (secondary N) is 2. The van der Waals surface area contributed by atoms with E-state index < -0.39 is 5.41 Å². The molecule has 0 bridgehead atoms. The van der Waals surface area contributed by atoms with Crippen LogP contribution in [0.25, 0.3) is 0 Å². The Morgan fingerprint density at radius 1 is 1.53 bits per heavy atom. The van der Waals surface area contributed by atoms with E-state index in [9.17, 15) is 4.79 Å². The maximum Gasteiger partial charge on any atom is 0.226 e. The third-order valence-corrected chi connectivity index (χ3v) is 2.93. The highest BCUT2D eigenvalue weighted by atomic mass is 16.3. The van der Waals surface area contributed by atoms with Crippen LogP contribution in [0.5, 0.6) is 0 Å². The third-order valence-electron chi connectivity index (χ3n) is 2.93. The summed E-state index contributed by atoms with van der Waals surface area (Å²) in [6.45, 7) is 6.56. The van der Waals surface area contributed by atoms with Crippen LogP contribution in [0.1, 0.15) is 39.0 Å². The van der Waals surface area contributed by atoms with Crippen molar-refractivity contribution in [1.29, 1.82) is 0 Å². The van der Waals surface area contributed by atoms with Gasteiger partial charge in [0.05, 0.1) is 17.7 Å². The molecular weight excluding hydrogens is 216 g/mol. The number of carbonyl (C=O) groups is 1. The Balaban J connectivity index is 2.57. The predicted molar refractivity (Wildman–Crippen MR) is 67.6 cm³/mol. The number of amides is 1. The topological polar surface area (TPSA) is 54.3 Å². The molecule has 0 saturated heterocycles. The van der Waals surface area contributed by atoms with Gasteiger partial charge in [-0.05, 0) is 32.4 Å². The molecule has 17 heavy (non-hydrogen) atoms. The summed E-state index contributed by atoms with van der Waals surface area (Å²) in [5.41, 5.74) is -0.422. The summed E-state index contributed by atoms with van der Waals surface area (Å²) >= 11 is 0. The van der Waals surface area contributed by atoms with Gasteiger partial charge in [0.2, 0.25) is 5.91 Å². The van der Waals surface area contributed by atoms with Gasteiger partial charge in [-0.2, -0.15) is 0 Å². The number of furan rings is 1. The Hall–Kier alpha value is -1.29. The van der Waals surface area contributed by atoms with E-state index in [0.717, 1.165) is 12.2 Å². The minimum Gasteiger partial charge on any atom is -0.468 e. The highest BCUT2D eigenvalue weighted by Gasteiger charge is 2.27. The van der Waals surface area contributed by atoms with E-state index in [-0.39, 0.29) is 11.9 Å². The predicted octanol–water partition coefficient (Wildman–Crippen LogP) is 2.09. The molecule has 0 fully saturated rings. The highest BCUT2D eigenvalue weighted by Crippen LogP contribution is 2.20. The standard InChI is InChI=1S/C13H22N2O2/c1-5-10(11-7-6-8-17-11)15-9-13(2,3)12(16)14-4/h6-8,10,15H,5,9H2,1-4H3,(H,14,16). The van der Waals surface area contributed by atoms with Gasteiger partial charge in [-0.25, -0.2) is 0 Å². The molecule has 1 aromatic rings. The summed E-state index contributed by atoms with van der Waals surface area (Å²) in [6.07, 6.45) is 2.60. The molecule has 2 N–H and O–H groups in total. The number of hydrogen-bond acceptors (Lipinski definition) is 3. The summed E-state index contributed by atoms with van der Waals surface area (Å²) in [6, 6.07) is 3.99. The Labute approximate surface area is 103 Å². The van der Waals surface area contributed by atoms with E-state index in [1.165, 1.54) is 0 Å². The van der Waals surface area contributed by atoms with E-state index >= 15 is 0 Å². The summed E-state index contributed by atoms with van der Waals surface area (Å²) in [4.78, 5) is 11.6. The molecule has 4 nitrogen and oxygen atoms in total. The lowest BCUT2D eigenvalue weighted by Crippen LogP contribution is -2.42. The largest absolute Gasteiger partial charge is 0.468 e. The van der Waals surface area contributed by atoms with E-state index in [0.29, 0.717) is 6.54 Å². The lowest BCUT2D eigenvalue weighted by atomic mass is 9.91. The molecule has 1 unspecified atom stereocenters. The van der Waals surface area contributed by atoms with Gasteiger partial charge in [-0.3, -0.25) is 4.79 Å². The smallest absolute Gasteiger partial charge is 0.226 e. The maximum atomic E-state index is 11.6. The zero-order chi connectivity index (χ0) is 12.9. The molecule has 0 aliphatic carbocycles. The summed E-state index contributed by atoms with van der Waals surface area (Å²) in [5.74, 6) is 0.958. The first-order chi connectivity index (χ1) is 8.01. The zero-order valence-electron chi connectivity index (χ0n) is 11.0. The normalized spacial score (nSPS) is 13.4. The zero-order valence-corrected chi connectivity index (χ0v) is 11.0. The Bertz CT molecular complexity index is 344. The molecule has 0 aromatic carbocycles. The third kappa shape index (κ3) is 3.60. The van der Waals surface area contributed by atoms with E-state index in [2.05, 4.69) is 17.6 Å². The molecule has 1 amide bonds. The molecular formula is C13H22N2O2. The van der Waals surface area contributed by atoms with Crippen LogP contribution in [-0.4, -0.2) is 19.5 Å². The van der Waals surface area contributed by atoms with Crippen molar-refractivity contribution < 1.29 is 9.21 Å². The molecule has 0 spiro atoms. The molecule has 1 rings (SSSR count). The van der Waals surface area contributed by atoms with Crippen molar-refractivity contribution in [2.75, 3.05) is 13.6 Å². The summed E-state index contributed by atoms with van der Waals surface area (Å²) < 4.78 is 5.38.